The Kier molecular flexibility index (Phi) is 7.15. The average Bonchev–Trinajstić information content (AvgIpc) is 3.03. The number of rotatable bonds is 4. The number of nitrogens with zero attached hydrogens (tertiary/aromatic N) is 3. The van der Waals surface area contributed by atoms with Crippen molar-refractivity contribution < 1.29 is 9.72 Å². The molecule has 2 heterocycles. The first-order valence-electron chi connectivity index (χ1n) is 6.67. The Bertz CT molecular complexity index is 914. The lowest BCUT2D eigenvalue weighted by molar-refractivity contribution is -0.385. The summed E-state index contributed by atoms with van der Waals surface area (Å²) < 4.78 is 0. The molecule has 3 rings (SSSR count). The number of aromatic amines is 1. The monoisotopic (exact) mass is 472 g/mol. The van der Waals surface area contributed by atoms with Gasteiger partial charge in [0.2, 0.25) is 0 Å². The number of halogens is 2. The van der Waals surface area contributed by atoms with Crippen molar-refractivity contribution in [2.75, 3.05) is 5.32 Å². The molecule has 0 fully saturated rings. The largest absolute Gasteiger partial charge is 0.326 e. The lowest BCUT2D eigenvalue weighted by Crippen LogP contribution is -2.13. The fourth-order valence-corrected chi connectivity index (χ4v) is 2.20. The Labute approximate surface area is 162 Å². The van der Waals surface area contributed by atoms with E-state index in [1.54, 1.807) is 6.07 Å². The van der Waals surface area contributed by atoms with Crippen molar-refractivity contribution in [1.82, 2.24) is 15.2 Å². The first-order chi connectivity index (χ1) is 11.1. The Balaban J connectivity index is 0.00000156. The predicted molar refractivity (Wildman–Crippen MR) is 103 cm³/mol. The van der Waals surface area contributed by atoms with Gasteiger partial charge in [-0.25, -0.2) is 4.98 Å². The Hall–Kier alpha value is -2.37. The zero-order chi connectivity index (χ0) is 16.4. The van der Waals surface area contributed by atoms with Crippen LogP contribution in [0.2, 0.25) is 0 Å². The number of nitrogens with one attached hydrogen (secondary N) is 2. The van der Waals surface area contributed by atoms with Gasteiger partial charge in [-0.05, 0) is 12.1 Å². The maximum absolute atomic E-state index is 12.3. The van der Waals surface area contributed by atoms with Crippen molar-refractivity contribution in [2.45, 2.75) is 6.54 Å². The number of aromatic nitrogens is 3. The second-order valence-corrected chi connectivity index (χ2v) is 4.75. The van der Waals surface area contributed by atoms with Gasteiger partial charge in [0.05, 0.1) is 22.2 Å². The fraction of sp³-hybridized carbons (Fsp3) is 0.0714. The molecule has 4 N–H and O–H groups in total. The van der Waals surface area contributed by atoms with Crippen LogP contribution in [0.3, 0.4) is 0 Å². The Morgan fingerprint density at radius 3 is 2.76 bits per heavy atom. The molecule has 0 aliphatic heterocycles. The van der Waals surface area contributed by atoms with Crippen molar-refractivity contribution in [3.63, 3.8) is 0 Å². The van der Waals surface area contributed by atoms with Crippen LogP contribution in [0.25, 0.3) is 11.0 Å². The maximum atomic E-state index is 12.3. The van der Waals surface area contributed by atoms with Crippen molar-refractivity contribution in [1.29, 1.82) is 0 Å². The number of anilines is 1. The number of carbonyl (C=O) groups excluding carboxylic acids is 1. The lowest BCUT2D eigenvalue weighted by Gasteiger charge is -2.07. The highest BCUT2D eigenvalue weighted by Crippen LogP contribution is 2.23. The van der Waals surface area contributed by atoms with Crippen molar-refractivity contribution >= 4 is 62.3 Å². The van der Waals surface area contributed by atoms with Crippen LogP contribution in [-0.4, -0.2) is 26.0 Å². The summed E-state index contributed by atoms with van der Waals surface area (Å²) in [4.78, 5) is 26.9. The minimum Gasteiger partial charge on any atom is -0.326 e. The molecule has 0 bridgehead atoms. The third-order valence-electron chi connectivity index (χ3n) is 3.37. The van der Waals surface area contributed by atoms with Crippen LogP contribution in [0.15, 0.2) is 36.7 Å². The van der Waals surface area contributed by atoms with E-state index >= 15 is 0 Å². The first kappa shape index (κ1) is 20.7. The highest BCUT2D eigenvalue weighted by Gasteiger charge is 2.17. The maximum Gasteiger partial charge on any atom is 0.274 e. The van der Waals surface area contributed by atoms with E-state index in [-0.39, 0.29) is 51.8 Å². The Morgan fingerprint density at radius 2 is 2.08 bits per heavy atom. The third kappa shape index (κ3) is 4.18. The highest BCUT2D eigenvalue weighted by atomic mass is 79.9. The number of fused-ring (bicyclic) bond motifs is 1. The van der Waals surface area contributed by atoms with Crippen molar-refractivity contribution in [3.05, 3.63) is 57.9 Å². The van der Waals surface area contributed by atoms with Gasteiger partial charge in [-0.3, -0.25) is 20.0 Å². The van der Waals surface area contributed by atoms with Gasteiger partial charge in [-0.15, -0.1) is 34.0 Å². The molecule has 2 aromatic heterocycles. The lowest BCUT2D eigenvalue weighted by atomic mass is 10.1. The highest BCUT2D eigenvalue weighted by molar-refractivity contribution is 8.93. The molecule has 0 saturated heterocycles. The molecule has 0 aliphatic rings. The van der Waals surface area contributed by atoms with Crippen LogP contribution in [-0.2, 0) is 6.54 Å². The summed E-state index contributed by atoms with van der Waals surface area (Å²) in [5.41, 5.74) is 6.87. The molecule has 25 heavy (non-hydrogen) atoms. The molecule has 3 aromatic rings. The van der Waals surface area contributed by atoms with Crippen LogP contribution < -0.4 is 11.1 Å². The second-order valence-electron chi connectivity index (χ2n) is 4.75. The second kappa shape index (κ2) is 8.65. The van der Waals surface area contributed by atoms with Crippen molar-refractivity contribution in [3.8, 4) is 0 Å². The summed E-state index contributed by atoms with van der Waals surface area (Å²) in [6.07, 6.45) is 3.06. The molecule has 0 saturated carbocycles. The van der Waals surface area contributed by atoms with E-state index in [0.29, 0.717) is 22.3 Å². The quantitative estimate of drug-likeness (QED) is 0.393. The normalized spacial score (nSPS) is 9.80. The number of nitro benzene ring substituents is 1. The van der Waals surface area contributed by atoms with Crippen LogP contribution in [0.4, 0.5) is 11.4 Å². The predicted octanol–water partition coefficient (Wildman–Crippen LogP) is 2.73. The fourth-order valence-electron chi connectivity index (χ4n) is 2.20. The number of hydrogen-bond donors (Lipinski definition) is 3. The van der Waals surface area contributed by atoms with Gasteiger partial charge in [0.25, 0.3) is 11.6 Å². The zero-order valence-electron chi connectivity index (χ0n) is 12.6. The van der Waals surface area contributed by atoms with Gasteiger partial charge in [-0.2, -0.15) is 5.10 Å². The molecule has 11 heteroatoms. The molecule has 0 unspecified atom stereocenters. The first-order valence-corrected chi connectivity index (χ1v) is 6.67. The number of nitro groups is 1. The summed E-state index contributed by atoms with van der Waals surface area (Å²) in [7, 11) is 0. The number of H-pyrrole nitrogens is 1. The molecule has 132 valence electrons. The van der Waals surface area contributed by atoms with Gasteiger partial charge in [0.15, 0.2) is 5.65 Å². The molecule has 1 amide bonds. The van der Waals surface area contributed by atoms with Gasteiger partial charge in [0.1, 0.15) is 0 Å². The number of pyridine rings is 1. The standard InChI is InChI=1S/C14H12N6O3.2BrH/c15-6-9-2-1-8(5-12(9)20(22)23)14(21)18-11-3-4-16-13-10(11)7-17-19-13;;/h1-5,7H,6,15H2,(H2,16,17,18,19,21);2*1H. The molecule has 0 atom stereocenters. The van der Waals surface area contributed by atoms with E-state index in [0.717, 1.165) is 0 Å². The van der Waals surface area contributed by atoms with Gasteiger partial charge < -0.3 is 11.1 Å². The molecule has 9 nitrogen and oxygen atoms in total. The van der Waals surface area contributed by atoms with E-state index in [2.05, 4.69) is 20.5 Å². The van der Waals surface area contributed by atoms with Crippen LogP contribution in [0.5, 0.6) is 0 Å². The van der Waals surface area contributed by atoms with E-state index < -0.39 is 10.8 Å². The topological polar surface area (TPSA) is 140 Å². The van der Waals surface area contributed by atoms with Gasteiger partial charge in [-0.1, -0.05) is 6.07 Å². The summed E-state index contributed by atoms with van der Waals surface area (Å²) in [5, 5.41) is 21.0. The third-order valence-corrected chi connectivity index (χ3v) is 3.37. The van der Waals surface area contributed by atoms with Crippen LogP contribution in [0.1, 0.15) is 15.9 Å². The van der Waals surface area contributed by atoms with E-state index in [4.69, 9.17) is 5.73 Å². The minimum atomic E-state index is -0.556. The smallest absolute Gasteiger partial charge is 0.274 e. The van der Waals surface area contributed by atoms with Crippen LogP contribution in [0, 0.1) is 10.1 Å². The SMILES string of the molecule is Br.Br.NCc1ccc(C(=O)Nc2ccnc3[nH]ncc23)cc1[N+](=O)[O-]. The summed E-state index contributed by atoms with van der Waals surface area (Å²) in [6.45, 7) is 0.0260. The van der Waals surface area contributed by atoms with E-state index in [9.17, 15) is 14.9 Å². The number of carbonyl (C=O) groups is 1. The summed E-state index contributed by atoms with van der Waals surface area (Å²) in [6, 6.07) is 5.81. The van der Waals surface area contributed by atoms with E-state index in [1.807, 2.05) is 0 Å². The van der Waals surface area contributed by atoms with Gasteiger partial charge in [0, 0.05) is 29.9 Å². The number of amides is 1. The minimum absolute atomic E-state index is 0. The molecule has 1 aromatic carbocycles. The Morgan fingerprint density at radius 1 is 1.32 bits per heavy atom. The number of nitrogens with two attached hydrogens (primary N) is 1. The average molecular weight is 474 g/mol. The molecule has 0 spiro atoms. The van der Waals surface area contributed by atoms with E-state index in [1.165, 1.54) is 30.6 Å². The van der Waals surface area contributed by atoms with Crippen LogP contribution >= 0.6 is 34.0 Å². The summed E-state index contributed by atoms with van der Waals surface area (Å²) >= 11 is 0. The molecule has 0 aliphatic carbocycles. The molecular weight excluding hydrogens is 460 g/mol. The molecular formula is C14H14Br2N6O3. The number of hydrogen-bond acceptors (Lipinski definition) is 6. The molecule has 0 radical (unpaired) electrons. The van der Waals surface area contributed by atoms with Crippen molar-refractivity contribution in [2.24, 2.45) is 5.73 Å². The van der Waals surface area contributed by atoms with Gasteiger partial charge >= 0.3 is 0 Å². The number of benzene rings is 1. The zero-order valence-corrected chi connectivity index (χ0v) is 16.1. The summed E-state index contributed by atoms with van der Waals surface area (Å²) in [5.74, 6) is -0.467.